The average Bonchev–Trinajstić information content (AvgIpc) is 2.01. The van der Waals surface area contributed by atoms with Gasteiger partial charge in [-0.15, -0.1) is 0 Å². The molecule has 0 aliphatic heterocycles. The summed E-state index contributed by atoms with van der Waals surface area (Å²) in [4.78, 5) is 6.08. The minimum atomic E-state index is 0.395. The quantitative estimate of drug-likeness (QED) is 0.751. The standard InChI is InChI=1S/C10H18N4/c1-8(7-14(2)3)13-9-4-5-12-10(11)6-9/h4-6,8H,7H2,1-3H3,(H3,11,12,13). The summed E-state index contributed by atoms with van der Waals surface area (Å²) in [7, 11) is 4.11. The lowest BCUT2D eigenvalue weighted by molar-refractivity contribution is 0.392. The van der Waals surface area contributed by atoms with Crippen LogP contribution >= 0.6 is 0 Å². The van der Waals surface area contributed by atoms with E-state index in [0.717, 1.165) is 12.2 Å². The maximum atomic E-state index is 5.57. The van der Waals surface area contributed by atoms with Gasteiger partial charge in [0.25, 0.3) is 0 Å². The molecule has 0 saturated heterocycles. The Bertz CT molecular complexity index is 285. The molecule has 4 heteroatoms. The van der Waals surface area contributed by atoms with Gasteiger partial charge in [-0.2, -0.15) is 0 Å². The maximum absolute atomic E-state index is 5.57. The normalized spacial score (nSPS) is 12.9. The van der Waals surface area contributed by atoms with Crippen molar-refractivity contribution in [1.29, 1.82) is 0 Å². The minimum absolute atomic E-state index is 0.395. The first-order chi connectivity index (χ1) is 6.58. The van der Waals surface area contributed by atoms with Gasteiger partial charge in [0.1, 0.15) is 5.82 Å². The van der Waals surface area contributed by atoms with Gasteiger partial charge in [-0.25, -0.2) is 4.98 Å². The van der Waals surface area contributed by atoms with E-state index in [1.807, 2.05) is 12.1 Å². The van der Waals surface area contributed by atoms with Crippen molar-refractivity contribution in [3.8, 4) is 0 Å². The number of likely N-dealkylation sites (N-methyl/N-ethyl adjacent to an activating group) is 1. The van der Waals surface area contributed by atoms with Gasteiger partial charge >= 0.3 is 0 Å². The number of nitrogens with one attached hydrogen (secondary N) is 1. The molecule has 0 amide bonds. The van der Waals surface area contributed by atoms with Gasteiger partial charge in [0.15, 0.2) is 0 Å². The summed E-state index contributed by atoms with van der Waals surface area (Å²) in [5.74, 6) is 0.548. The van der Waals surface area contributed by atoms with Crippen LogP contribution in [-0.4, -0.2) is 36.6 Å². The lowest BCUT2D eigenvalue weighted by atomic mass is 10.3. The maximum Gasteiger partial charge on any atom is 0.125 e. The van der Waals surface area contributed by atoms with Gasteiger partial charge in [-0.3, -0.25) is 0 Å². The number of hydrogen-bond donors (Lipinski definition) is 2. The summed E-state index contributed by atoms with van der Waals surface area (Å²) in [6.07, 6.45) is 1.71. The van der Waals surface area contributed by atoms with Crippen LogP contribution in [0.1, 0.15) is 6.92 Å². The molecule has 3 N–H and O–H groups in total. The Morgan fingerprint density at radius 1 is 1.57 bits per heavy atom. The highest BCUT2D eigenvalue weighted by molar-refractivity contribution is 5.50. The fourth-order valence-corrected chi connectivity index (χ4v) is 1.42. The molecule has 0 aromatic carbocycles. The summed E-state index contributed by atoms with van der Waals surface area (Å²) in [5, 5.41) is 3.35. The number of hydrogen-bond acceptors (Lipinski definition) is 4. The number of pyridine rings is 1. The Kier molecular flexibility index (Phi) is 3.71. The highest BCUT2D eigenvalue weighted by Gasteiger charge is 2.03. The molecule has 1 atom stereocenters. The number of anilines is 2. The fraction of sp³-hybridized carbons (Fsp3) is 0.500. The van der Waals surface area contributed by atoms with E-state index in [4.69, 9.17) is 5.73 Å². The largest absolute Gasteiger partial charge is 0.384 e. The van der Waals surface area contributed by atoms with E-state index in [1.165, 1.54) is 0 Å². The third-order valence-electron chi connectivity index (χ3n) is 1.83. The predicted octanol–water partition coefficient (Wildman–Crippen LogP) is 1.03. The van der Waals surface area contributed by atoms with Crippen LogP contribution in [0.25, 0.3) is 0 Å². The van der Waals surface area contributed by atoms with Crippen LogP contribution < -0.4 is 11.1 Å². The number of nitrogens with two attached hydrogens (primary N) is 1. The first-order valence-corrected chi connectivity index (χ1v) is 4.70. The predicted molar refractivity (Wildman–Crippen MR) is 60.3 cm³/mol. The third kappa shape index (κ3) is 3.62. The lowest BCUT2D eigenvalue weighted by Gasteiger charge is -2.19. The molecule has 0 fully saturated rings. The van der Waals surface area contributed by atoms with Crippen molar-refractivity contribution in [2.75, 3.05) is 31.7 Å². The van der Waals surface area contributed by atoms with Gasteiger partial charge in [-0.1, -0.05) is 0 Å². The first kappa shape index (κ1) is 10.8. The van der Waals surface area contributed by atoms with Crippen molar-refractivity contribution < 1.29 is 0 Å². The fourth-order valence-electron chi connectivity index (χ4n) is 1.42. The average molecular weight is 194 g/mol. The Labute approximate surface area is 85.1 Å². The molecular weight excluding hydrogens is 176 g/mol. The topological polar surface area (TPSA) is 54.2 Å². The first-order valence-electron chi connectivity index (χ1n) is 4.70. The lowest BCUT2D eigenvalue weighted by Crippen LogP contribution is -2.29. The number of aromatic nitrogens is 1. The summed E-state index contributed by atoms with van der Waals surface area (Å²) < 4.78 is 0. The van der Waals surface area contributed by atoms with Crippen LogP contribution in [0.15, 0.2) is 18.3 Å². The zero-order chi connectivity index (χ0) is 10.6. The van der Waals surface area contributed by atoms with Crippen LogP contribution in [0.3, 0.4) is 0 Å². The highest BCUT2D eigenvalue weighted by Crippen LogP contribution is 2.10. The number of rotatable bonds is 4. The molecule has 1 aromatic rings. The van der Waals surface area contributed by atoms with E-state index < -0.39 is 0 Å². The molecule has 0 saturated carbocycles. The second-order valence-electron chi connectivity index (χ2n) is 3.78. The van der Waals surface area contributed by atoms with E-state index in [-0.39, 0.29) is 0 Å². The van der Waals surface area contributed by atoms with Crippen LogP contribution in [0.4, 0.5) is 11.5 Å². The summed E-state index contributed by atoms with van der Waals surface area (Å²) in [5.41, 5.74) is 6.59. The molecule has 1 aromatic heterocycles. The van der Waals surface area contributed by atoms with Crippen LogP contribution in [0, 0.1) is 0 Å². The van der Waals surface area contributed by atoms with E-state index in [2.05, 4.69) is 36.2 Å². The molecule has 4 nitrogen and oxygen atoms in total. The second-order valence-corrected chi connectivity index (χ2v) is 3.78. The van der Waals surface area contributed by atoms with Crippen molar-refractivity contribution in [2.24, 2.45) is 0 Å². The Morgan fingerprint density at radius 2 is 2.29 bits per heavy atom. The zero-order valence-corrected chi connectivity index (χ0v) is 8.99. The van der Waals surface area contributed by atoms with Crippen LogP contribution in [-0.2, 0) is 0 Å². The molecule has 78 valence electrons. The molecule has 0 aliphatic carbocycles. The van der Waals surface area contributed by atoms with Gasteiger partial charge in [0.05, 0.1) is 0 Å². The SMILES string of the molecule is CC(CN(C)C)Nc1ccnc(N)c1. The van der Waals surface area contributed by atoms with Crippen molar-refractivity contribution in [3.63, 3.8) is 0 Å². The minimum Gasteiger partial charge on any atom is -0.384 e. The molecule has 0 spiro atoms. The van der Waals surface area contributed by atoms with E-state index >= 15 is 0 Å². The molecule has 14 heavy (non-hydrogen) atoms. The molecule has 0 bridgehead atoms. The zero-order valence-electron chi connectivity index (χ0n) is 8.99. The smallest absolute Gasteiger partial charge is 0.125 e. The van der Waals surface area contributed by atoms with Crippen LogP contribution in [0.5, 0.6) is 0 Å². The monoisotopic (exact) mass is 194 g/mol. The van der Waals surface area contributed by atoms with Crippen molar-refractivity contribution in [1.82, 2.24) is 9.88 Å². The van der Waals surface area contributed by atoms with E-state index in [1.54, 1.807) is 6.20 Å². The Morgan fingerprint density at radius 3 is 2.86 bits per heavy atom. The molecule has 1 unspecified atom stereocenters. The summed E-state index contributed by atoms with van der Waals surface area (Å²) >= 11 is 0. The molecule has 1 heterocycles. The summed E-state index contributed by atoms with van der Waals surface area (Å²) in [6, 6.07) is 4.15. The Balaban J connectivity index is 2.51. The molecule has 0 aliphatic rings. The van der Waals surface area contributed by atoms with Gasteiger partial charge in [-0.05, 0) is 27.1 Å². The van der Waals surface area contributed by atoms with E-state index in [0.29, 0.717) is 11.9 Å². The van der Waals surface area contributed by atoms with Crippen molar-refractivity contribution in [3.05, 3.63) is 18.3 Å². The third-order valence-corrected chi connectivity index (χ3v) is 1.83. The molecule has 0 radical (unpaired) electrons. The second kappa shape index (κ2) is 4.81. The number of nitrogens with zero attached hydrogens (tertiary/aromatic N) is 2. The van der Waals surface area contributed by atoms with Crippen LogP contribution in [0.2, 0.25) is 0 Å². The summed E-state index contributed by atoms with van der Waals surface area (Å²) in [6.45, 7) is 3.12. The van der Waals surface area contributed by atoms with E-state index in [9.17, 15) is 0 Å². The van der Waals surface area contributed by atoms with Crippen molar-refractivity contribution >= 4 is 11.5 Å². The molecular formula is C10H18N4. The van der Waals surface area contributed by atoms with Gasteiger partial charge < -0.3 is 16.0 Å². The van der Waals surface area contributed by atoms with Gasteiger partial charge in [0.2, 0.25) is 0 Å². The van der Waals surface area contributed by atoms with Gasteiger partial charge in [0, 0.05) is 30.5 Å². The van der Waals surface area contributed by atoms with Crippen molar-refractivity contribution in [2.45, 2.75) is 13.0 Å². The number of nitrogen functional groups attached to an aromatic ring is 1. The Hall–Kier alpha value is -1.29. The molecule has 1 rings (SSSR count). The highest BCUT2D eigenvalue weighted by atomic mass is 15.1.